The van der Waals surface area contributed by atoms with Gasteiger partial charge in [-0.1, -0.05) is 12.1 Å². The van der Waals surface area contributed by atoms with E-state index >= 15 is 0 Å². The number of carbonyl (C=O) groups excluding carboxylic acids is 1. The fourth-order valence-electron chi connectivity index (χ4n) is 1.94. The lowest BCUT2D eigenvalue weighted by atomic mass is 10.3. The van der Waals surface area contributed by atoms with Crippen LogP contribution in [0, 0.1) is 13.7 Å². The molecule has 2 rings (SSSR count). The van der Waals surface area contributed by atoms with Crippen molar-refractivity contribution in [3.8, 4) is 0 Å². The van der Waals surface area contributed by atoms with Gasteiger partial charge in [0.1, 0.15) is 6.54 Å². The van der Waals surface area contributed by atoms with E-state index in [1.165, 1.54) is 24.3 Å². The van der Waals surface area contributed by atoms with E-state index in [0.29, 0.717) is 0 Å². The normalized spacial score (nSPS) is 11.1. The van der Waals surface area contributed by atoms with Gasteiger partial charge in [0.25, 0.3) is 15.7 Å². The van der Waals surface area contributed by atoms with Crippen LogP contribution in [0.5, 0.6) is 0 Å². The van der Waals surface area contributed by atoms with Crippen molar-refractivity contribution in [2.24, 2.45) is 0 Å². The minimum atomic E-state index is -4.20. The molecule has 0 N–H and O–H groups in total. The average Bonchev–Trinajstić information content (AvgIpc) is 2.52. The number of non-ortho nitro benzene ring substituents is 1. The van der Waals surface area contributed by atoms with E-state index in [9.17, 15) is 23.3 Å². The topological polar surface area (TPSA) is 97.6 Å². The molecule has 0 fully saturated rings. The number of hydrogen-bond donors (Lipinski definition) is 0. The summed E-state index contributed by atoms with van der Waals surface area (Å²) in [6, 6.07) is 11.1. The maximum atomic E-state index is 12.8. The van der Waals surface area contributed by atoms with Crippen molar-refractivity contribution >= 4 is 60.8 Å². The zero-order chi connectivity index (χ0) is 17.9. The molecule has 0 radical (unpaired) electrons. The third-order valence-electron chi connectivity index (χ3n) is 2.98. The number of nitro benzene ring substituents is 1. The smallest absolute Gasteiger partial charge is 0.270 e. The van der Waals surface area contributed by atoms with Crippen LogP contribution in [0.3, 0.4) is 0 Å². The van der Waals surface area contributed by atoms with E-state index in [1.54, 1.807) is 18.2 Å². The second-order valence-corrected chi connectivity index (χ2v) is 8.13. The summed E-state index contributed by atoms with van der Waals surface area (Å²) in [5.41, 5.74) is -0.127. The Morgan fingerprint density at radius 2 is 1.88 bits per heavy atom. The molecule has 7 nitrogen and oxygen atoms in total. The molecule has 10 heteroatoms. The Morgan fingerprint density at radius 3 is 2.46 bits per heavy atom. The molecule has 0 atom stereocenters. The summed E-state index contributed by atoms with van der Waals surface area (Å²) in [5.74, 6) is 0. The Bertz CT molecular complexity index is 904. The average molecular weight is 481 g/mol. The molecule has 2 aromatic rings. The lowest BCUT2D eigenvalue weighted by Crippen LogP contribution is -2.34. The molecule has 24 heavy (non-hydrogen) atoms. The quantitative estimate of drug-likeness (QED) is 0.274. The van der Waals surface area contributed by atoms with Crippen LogP contribution in [0.1, 0.15) is 0 Å². The standard InChI is InChI=1S/C14H10ClIN2O5S/c15-14(19)9-17(11-4-1-3-10(16)7-11)24(22,23)13-6-2-5-12(8-13)18(20)21/h1-8H,9H2. The van der Waals surface area contributed by atoms with Crippen LogP contribution in [-0.2, 0) is 14.8 Å². The molecule has 0 unspecified atom stereocenters. The van der Waals surface area contributed by atoms with E-state index in [0.717, 1.165) is 13.9 Å². The second-order valence-electron chi connectivity index (χ2n) is 4.60. The molecule has 0 heterocycles. The fraction of sp³-hybridized carbons (Fsp3) is 0.0714. The van der Waals surface area contributed by atoms with Crippen LogP contribution in [-0.4, -0.2) is 25.1 Å². The van der Waals surface area contributed by atoms with Crippen LogP contribution in [0.2, 0.25) is 0 Å². The molecular weight excluding hydrogens is 471 g/mol. The van der Waals surface area contributed by atoms with Crippen molar-refractivity contribution < 1.29 is 18.1 Å². The molecule has 0 aromatic heterocycles. The van der Waals surface area contributed by atoms with E-state index in [-0.39, 0.29) is 16.3 Å². The maximum absolute atomic E-state index is 12.8. The van der Waals surface area contributed by atoms with Gasteiger partial charge in [-0.25, -0.2) is 8.42 Å². The van der Waals surface area contributed by atoms with Crippen molar-refractivity contribution in [3.05, 3.63) is 62.2 Å². The number of rotatable bonds is 6. The van der Waals surface area contributed by atoms with E-state index in [2.05, 4.69) is 0 Å². The first-order valence-electron chi connectivity index (χ1n) is 6.43. The lowest BCUT2D eigenvalue weighted by molar-refractivity contribution is -0.385. The second kappa shape index (κ2) is 7.45. The van der Waals surface area contributed by atoms with Crippen molar-refractivity contribution in [3.63, 3.8) is 0 Å². The highest BCUT2D eigenvalue weighted by Crippen LogP contribution is 2.27. The van der Waals surface area contributed by atoms with Gasteiger partial charge < -0.3 is 0 Å². The van der Waals surface area contributed by atoms with Gasteiger partial charge in [-0.2, -0.15) is 0 Å². The molecule has 0 amide bonds. The zero-order valence-corrected chi connectivity index (χ0v) is 15.7. The number of nitrogens with zero attached hydrogens (tertiary/aromatic N) is 2. The summed E-state index contributed by atoms with van der Waals surface area (Å²) in [6.45, 7) is -0.591. The fourth-order valence-corrected chi connectivity index (χ4v) is 4.11. The predicted octanol–water partition coefficient (Wildman–Crippen LogP) is 3.16. The van der Waals surface area contributed by atoms with Gasteiger partial charge >= 0.3 is 0 Å². The molecular formula is C14H10ClIN2O5S. The summed E-state index contributed by atoms with van der Waals surface area (Å²) in [4.78, 5) is 21.2. The minimum Gasteiger partial charge on any atom is -0.279 e. The number of sulfonamides is 1. The number of carbonyl (C=O) groups is 1. The molecule has 0 aliphatic rings. The first-order chi connectivity index (χ1) is 11.2. The number of anilines is 1. The molecule has 0 aliphatic carbocycles. The highest BCUT2D eigenvalue weighted by Gasteiger charge is 2.28. The van der Waals surface area contributed by atoms with Crippen LogP contribution in [0.15, 0.2) is 53.4 Å². The molecule has 126 valence electrons. The van der Waals surface area contributed by atoms with Gasteiger partial charge in [-0.15, -0.1) is 0 Å². The van der Waals surface area contributed by atoms with Crippen molar-refractivity contribution in [1.82, 2.24) is 0 Å². The van der Waals surface area contributed by atoms with Gasteiger partial charge in [0.05, 0.1) is 15.5 Å². The Balaban J connectivity index is 2.57. The van der Waals surface area contributed by atoms with E-state index in [1.807, 2.05) is 22.6 Å². The monoisotopic (exact) mass is 480 g/mol. The van der Waals surface area contributed by atoms with Gasteiger partial charge in [0.2, 0.25) is 5.24 Å². The van der Waals surface area contributed by atoms with Crippen LogP contribution in [0.4, 0.5) is 11.4 Å². The molecule has 2 aromatic carbocycles. The van der Waals surface area contributed by atoms with Crippen LogP contribution >= 0.6 is 34.2 Å². The number of halogens is 2. The summed E-state index contributed by atoms with van der Waals surface area (Å²) >= 11 is 7.38. The van der Waals surface area contributed by atoms with E-state index < -0.39 is 26.7 Å². The summed E-state index contributed by atoms with van der Waals surface area (Å²) in [5, 5.41) is 9.99. The summed E-state index contributed by atoms with van der Waals surface area (Å²) < 4.78 is 27.3. The predicted molar refractivity (Wildman–Crippen MR) is 97.6 cm³/mol. The largest absolute Gasteiger partial charge is 0.279 e. The van der Waals surface area contributed by atoms with Crippen LogP contribution < -0.4 is 4.31 Å². The summed E-state index contributed by atoms with van der Waals surface area (Å²) in [7, 11) is -4.20. The van der Waals surface area contributed by atoms with Gasteiger partial charge in [0, 0.05) is 15.7 Å². The Labute approximate surface area is 156 Å². The molecule has 0 saturated heterocycles. The van der Waals surface area contributed by atoms with Gasteiger partial charge in [-0.05, 0) is 58.5 Å². The summed E-state index contributed by atoms with van der Waals surface area (Å²) in [6.07, 6.45) is 0. The lowest BCUT2D eigenvalue weighted by Gasteiger charge is -2.23. The third-order valence-corrected chi connectivity index (χ3v) is 5.54. The first-order valence-corrected chi connectivity index (χ1v) is 9.32. The Hall–Kier alpha value is -1.72. The molecule has 0 spiro atoms. The first kappa shape index (κ1) is 18.6. The molecule has 0 bridgehead atoms. The minimum absolute atomic E-state index is 0.238. The molecule has 0 aliphatic heterocycles. The number of hydrogen-bond acceptors (Lipinski definition) is 5. The van der Waals surface area contributed by atoms with Crippen LogP contribution in [0.25, 0.3) is 0 Å². The van der Waals surface area contributed by atoms with Gasteiger partial charge in [-0.3, -0.25) is 19.2 Å². The highest BCUT2D eigenvalue weighted by atomic mass is 127. The van der Waals surface area contributed by atoms with Crippen molar-refractivity contribution in [1.29, 1.82) is 0 Å². The Kier molecular flexibility index (Phi) is 5.78. The zero-order valence-electron chi connectivity index (χ0n) is 11.9. The number of nitro groups is 1. The third kappa shape index (κ3) is 4.22. The maximum Gasteiger partial charge on any atom is 0.270 e. The SMILES string of the molecule is O=C(Cl)CN(c1cccc(I)c1)S(=O)(=O)c1cccc([N+](=O)[O-])c1. The van der Waals surface area contributed by atoms with Crippen molar-refractivity contribution in [2.75, 3.05) is 10.8 Å². The molecule has 0 saturated carbocycles. The Morgan fingerprint density at radius 1 is 1.21 bits per heavy atom. The highest BCUT2D eigenvalue weighted by molar-refractivity contribution is 14.1. The number of benzene rings is 2. The van der Waals surface area contributed by atoms with E-state index in [4.69, 9.17) is 11.6 Å². The van der Waals surface area contributed by atoms with Gasteiger partial charge in [0.15, 0.2) is 0 Å². The van der Waals surface area contributed by atoms with Crippen molar-refractivity contribution in [2.45, 2.75) is 4.90 Å².